The van der Waals surface area contributed by atoms with Gasteiger partial charge in [0.25, 0.3) is 5.91 Å². The third-order valence-electron chi connectivity index (χ3n) is 3.32. The van der Waals surface area contributed by atoms with Gasteiger partial charge in [0.15, 0.2) is 0 Å². The molecule has 0 aliphatic carbocycles. The van der Waals surface area contributed by atoms with Gasteiger partial charge >= 0.3 is 0 Å². The number of aryl methyl sites for hydroxylation is 2. The Morgan fingerprint density at radius 1 is 1.65 bits per heavy atom. The van der Waals surface area contributed by atoms with E-state index in [1.54, 1.807) is 4.68 Å². The molecule has 1 N–H and O–H groups in total. The van der Waals surface area contributed by atoms with Gasteiger partial charge in [0.1, 0.15) is 0 Å². The van der Waals surface area contributed by atoms with Crippen molar-refractivity contribution >= 4 is 5.91 Å². The highest BCUT2D eigenvalue weighted by atomic mass is 16.2. The van der Waals surface area contributed by atoms with Crippen molar-refractivity contribution in [3.63, 3.8) is 0 Å². The molecule has 1 aliphatic rings. The van der Waals surface area contributed by atoms with E-state index in [0.717, 1.165) is 37.2 Å². The van der Waals surface area contributed by atoms with Crippen LogP contribution >= 0.6 is 0 Å². The normalized spacial score (nSPS) is 19.9. The summed E-state index contributed by atoms with van der Waals surface area (Å²) in [4.78, 5) is 14.4. The number of nitrogens with one attached hydrogen (secondary N) is 1. The zero-order valence-electron chi connectivity index (χ0n) is 10.7. The third kappa shape index (κ3) is 2.34. The molecular weight excluding hydrogens is 216 g/mol. The van der Waals surface area contributed by atoms with Crippen molar-refractivity contribution in [1.29, 1.82) is 0 Å². The lowest BCUT2D eigenvalue weighted by molar-refractivity contribution is 0.0736. The van der Waals surface area contributed by atoms with Gasteiger partial charge in [0.05, 0.1) is 11.3 Å². The lowest BCUT2D eigenvalue weighted by Gasteiger charge is -2.24. The largest absolute Gasteiger partial charge is 0.334 e. The topological polar surface area (TPSA) is 50.2 Å². The van der Waals surface area contributed by atoms with Crippen LogP contribution in [-0.2, 0) is 7.05 Å². The number of carbonyl (C=O) groups is 1. The molecule has 1 atom stereocenters. The van der Waals surface area contributed by atoms with Gasteiger partial charge in [-0.3, -0.25) is 9.48 Å². The van der Waals surface area contributed by atoms with Crippen molar-refractivity contribution in [2.45, 2.75) is 25.8 Å². The number of likely N-dealkylation sites (N-methyl/N-ethyl adjacent to an activating group) is 1. The van der Waals surface area contributed by atoms with Crippen LogP contribution in [0, 0.1) is 6.92 Å². The first kappa shape index (κ1) is 12.1. The van der Waals surface area contributed by atoms with Gasteiger partial charge in [-0.25, -0.2) is 0 Å². The second-order valence-electron chi connectivity index (χ2n) is 4.65. The number of amides is 1. The summed E-state index contributed by atoms with van der Waals surface area (Å²) in [5, 5.41) is 7.38. The average molecular weight is 236 g/mol. The molecule has 0 bridgehead atoms. The number of carbonyl (C=O) groups excluding carboxylic acids is 1. The van der Waals surface area contributed by atoms with Crippen molar-refractivity contribution < 1.29 is 4.79 Å². The SMILES string of the molecule is CNCC1CCCN1C(=O)c1cn(C)nc1C. The molecule has 5 heteroatoms. The van der Waals surface area contributed by atoms with Crippen LogP contribution < -0.4 is 5.32 Å². The number of nitrogens with zero attached hydrogens (tertiary/aromatic N) is 3. The molecule has 1 aromatic rings. The van der Waals surface area contributed by atoms with Crippen LogP contribution in [0.25, 0.3) is 0 Å². The highest BCUT2D eigenvalue weighted by Gasteiger charge is 2.30. The van der Waals surface area contributed by atoms with Gasteiger partial charge in [-0.05, 0) is 26.8 Å². The Balaban J connectivity index is 2.16. The van der Waals surface area contributed by atoms with Gasteiger partial charge in [-0.2, -0.15) is 5.10 Å². The van der Waals surface area contributed by atoms with Crippen LogP contribution in [0.4, 0.5) is 0 Å². The monoisotopic (exact) mass is 236 g/mol. The minimum atomic E-state index is 0.119. The fourth-order valence-corrected chi connectivity index (χ4v) is 2.52. The summed E-state index contributed by atoms with van der Waals surface area (Å²) in [6.45, 7) is 3.61. The molecule has 1 saturated heterocycles. The Morgan fingerprint density at radius 3 is 3.00 bits per heavy atom. The van der Waals surface area contributed by atoms with E-state index in [1.165, 1.54) is 0 Å². The van der Waals surface area contributed by atoms with E-state index in [1.807, 2.05) is 32.1 Å². The van der Waals surface area contributed by atoms with Crippen molar-refractivity contribution in [2.75, 3.05) is 20.1 Å². The predicted molar refractivity (Wildman–Crippen MR) is 65.9 cm³/mol. The van der Waals surface area contributed by atoms with Crippen molar-refractivity contribution in [3.05, 3.63) is 17.5 Å². The van der Waals surface area contributed by atoms with E-state index >= 15 is 0 Å². The lowest BCUT2D eigenvalue weighted by atomic mass is 10.2. The summed E-state index contributed by atoms with van der Waals surface area (Å²) in [5.41, 5.74) is 1.54. The van der Waals surface area contributed by atoms with Gasteiger partial charge in [-0.15, -0.1) is 0 Å². The summed E-state index contributed by atoms with van der Waals surface area (Å²) in [6.07, 6.45) is 4.00. The molecule has 5 nitrogen and oxygen atoms in total. The molecule has 1 amide bonds. The molecule has 1 fully saturated rings. The van der Waals surface area contributed by atoms with Crippen molar-refractivity contribution in [1.82, 2.24) is 20.0 Å². The number of likely N-dealkylation sites (tertiary alicyclic amines) is 1. The van der Waals surface area contributed by atoms with Crippen LogP contribution in [0.3, 0.4) is 0 Å². The zero-order chi connectivity index (χ0) is 12.4. The molecule has 17 heavy (non-hydrogen) atoms. The van der Waals surface area contributed by atoms with Crippen LogP contribution in [0.5, 0.6) is 0 Å². The minimum Gasteiger partial charge on any atom is -0.334 e. The fourth-order valence-electron chi connectivity index (χ4n) is 2.52. The molecule has 0 saturated carbocycles. The fraction of sp³-hybridized carbons (Fsp3) is 0.667. The molecule has 2 heterocycles. The average Bonchev–Trinajstić information content (AvgIpc) is 2.85. The van der Waals surface area contributed by atoms with Crippen LogP contribution in [-0.4, -0.2) is 46.8 Å². The molecule has 1 aromatic heterocycles. The molecule has 94 valence electrons. The number of hydrogen-bond acceptors (Lipinski definition) is 3. The Morgan fingerprint density at radius 2 is 2.41 bits per heavy atom. The Labute approximate surface area is 102 Å². The van der Waals surface area contributed by atoms with E-state index < -0.39 is 0 Å². The summed E-state index contributed by atoms with van der Waals surface area (Å²) >= 11 is 0. The molecular formula is C12H20N4O. The number of hydrogen-bond donors (Lipinski definition) is 1. The van der Waals surface area contributed by atoms with E-state index in [9.17, 15) is 4.79 Å². The van der Waals surface area contributed by atoms with Crippen molar-refractivity contribution in [3.8, 4) is 0 Å². The standard InChI is InChI=1S/C12H20N4O/c1-9-11(8-15(3)14-9)12(17)16-6-4-5-10(16)7-13-2/h8,10,13H,4-7H2,1-3H3. The van der Waals surface area contributed by atoms with E-state index in [-0.39, 0.29) is 5.91 Å². The first-order chi connectivity index (χ1) is 8.13. The Kier molecular flexibility index (Phi) is 3.47. The lowest BCUT2D eigenvalue weighted by Crippen LogP contribution is -2.40. The minimum absolute atomic E-state index is 0.119. The van der Waals surface area contributed by atoms with Crippen LogP contribution in [0.1, 0.15) is 28.9 Å². The van der Waals surface area contributed by atoms with Crippen LogP contribution in [0.15, 0.2) is 6.20 Å². The molecule has 1 aliphatic heterocycles. The highest BCUT2D eigenvalue weighted by molar-refractivity contribution is 5.95. The summed E-state index contributed by atoms with van der Waals surface area (Å²) in [6, 6.07) is 0.326. The van der Waals surface area contributed by atoms with Crippen LogP contribution in [0.2, 0.25) is 0 Å². The maximum Gasteiger partial charge on any atom is 0.257 e. The Hall–Kier alpha value is -1.36. The predicted octanol–water partition coefficient (Wildman–Crippen LogP) is 0.553. The van der Waals surface area contributed by atoms with E-state index in [4.69, 9.17) is 0 Å². The molecule has 0 aromatic carbocycles. The third-order valence-corrected chi connectivity index (χ3v) is 3.32. The summed E-state index contributed by atoms with van der Waals surface area (Å²) in [5.74, 6) is 0.119. The first-order valence-corrected chi connectivity index (χ1v) is 6.09. The maximum atomic E-state index is 12.4. The highest BCUT2D eigenvalue weighted by Crippen LogP contribution is 2.20. The molecule has 0 spiro atoms. The Bertz CT molecular complexity index is 413. The molecule has 2 rings (SSSR count). The molecule has 1 unspecified atom stereocenters. The van der Waals surface area contributed by atoms with Gasteiger partial charge in [-0.1, -0.05) is 0 Å². The second-order valence-corrected chi connectivity index (χ2v) is 4.65. The zero-order valence-corrected chi connectivity index (χ0v) is 10.7. The smallest absolute Gasteiger partial charge is 0.257 e. The molecule has 0 radical (unpaired) electrons. The van der Waals surface area contributed by atoms with Crippen molar-refractivity contribution in [2.24, 2.45) is 7.05 Å². The first-order valence-electron chi connectivity index (χ1n) is 6.09. The number of aromatic nitrogens is 2. The second kappa shape index (κ2) is 4.87. The van der Waals surface area contributed by atoms with E-state index in [2.05, 4.69) is 10.4 Å². The van der Waals surface area contributed by atoms with Gasteiger partial charge in [0.2, 0.25) is 0 Å². The number of rotatable bonds is 3. The van der Waals surface area contributed by atoms with Gasteiger partial charge < -0.3 is 10.2 Å². The van der Waals surface area contributed by atoms with E-state index in [0.29, 0.717) is 6.04 Å². The summed E-state index contributed by atoms with van der Waals surface area (Å²) in [7, 11) is 3.77. The quantitative estimate of drug-likeness (QED) is 0.834. The summed E-state index contributed by atoms with van der Waals surface area (Å²) < 4.78 is 1.70. The maximum absolute atomic E-state index is 12.4. The van der Waals surface area contributed by atoms with Gasteiger partial charge in [0, 0.05) is 32.4 Å².